The number of rotatable bonds is 1. The fourth-order valence-electron chi connectivity index (χ4n) is 2.35. The average Bonchev–Trinajstić information content (AvgIpc) is 2.58. The van der Waals surface area contributed by atoms with E-state index >= 15 is 0 Å². The number of hydrogen-bond donors (Lipinski definition) is 0. The van der Waals surface area contributed by atoms with Crippen LogP contribution in [0.5, 0.6) is 0 Å². The molecule has 0 atom stereocenters. The van der Waals surface area contributed by atoms with Crippen LogP contribution in [-0.4, -0.2) is 0 Å². The lowest BCUT2D eigenvalue weighted by atomic mass is 10.1. The van der Waals surface area contributed by atoms with Crippen molar-refractivity contribution in [2.45, 2.75) is 13.3 Å². The number of aryl methyl sites for hydroxylation is 1. The van der Waals surface area contributed by atoms with Gasteiger partial charge in [0.1, 0.15) is 0 Å². The van der Waals surface area contributed by atoms with E-state index in [9.17, 15) is 13.2 Å². The minimum absolute atomic E-state index is 0.0433. The Hall–Kier alpha value is -2.73. The first kappa shape index (κ1) is 15.2. The van der Waals surface area contributed by atoms with E-state index in [1.165, 1.54) is 11.6 Å². The van der Waals surface area contributed by atoms with Crippen molar-refractivity contribution in [1.29, 1.82) is 0 Å². The van der Waals surface area contributed by atoms with Crippen LogP contribution in [0.15, 0.2) is 48.5 Å². The normalized spacial score (nSPS) is 10.4. The molecule has 0 unspecified atom stereocenters. The van der Waals surface area contributed by atoms with E-state index in [4.69, 9.17) is 0 Å². The molecule has 3 aromatic carbocycles. The second-order valence-electron chi connectivity index (χ2n) is 5.22. The zero-order valence-corrected chi connectivity index (χ0v) is 12.5. The third-order valence-electron chi connectivity index (χ3n) is 3.69. The van der Waals surface area contributed by atoms with Gasteiger partial charge in [-0.3, -0.25) is 0 Å². The first-order valence-corrected chi connectivity index (χ1v) is 7.26. The number of fused-ring (bicyclic) bond motifs is 1. The monoisotopic (exact) mass is 310 g/mol. The summed E-state index contributed by atoms with van der Waals surface area (Å²) in [4.78, 5) is 0. The Morgan fingerprint density at radius 1 is 0.783 bits per heavy atom. The Labute approximate surface area is 132 Å². The van der Waals surface area contributed by atoms with Crippen molar-refractivity contribution >= 4 is 10.8 Å². The lowest BCUT2D eigenvalue weighted by Crippen LogP contribution is -1.92. The maximum atomic E-state index is 13.7. The summed E-state index contributed by atoms with van der Waals surface area (Å²) in [5, 5.41) is 0.330. The van der Waals surface area contributed by atoms with Crippen LogP contribution in [0, 0.1) is 29.3 Å². The highest BCUT2D eigenvalue weighted by Crippen LogP contribution is 2.23. The molecule has 0 aromatic heterocycles. The lowest BCUT2D eigenvalue weighted by molar-refractivity contribution is 0.453. The summed E-state index contributed by atoms with van der Waals surface area (Å²) in [6.07, 6.45) is 0.964. The van der Waals surface area contributed by atoms with Crippen molar-refractivity contribution in [3.63, 3.8) is 0 Å². The molecule has 0 aliphatic carbocycles. The molecule has 0 saturated carbocycles. The standard InChI is InChI=1S/C20H13F3/c1-2-13-3-5-14(6-4-13)7-8-15-9-10-17-16(11-15)12-18(21)20(23)19(17)22/h3-6,9-12H,2H2,1H3. The zero-order chi connectivity index (χ0) is 16.4. The first-order chi connectivity index (χ1) is 11.1. The quantitative estimate of drug-likeness (QED) is 0.427. The van der Waals surface area contributed by atoms with Crippen LogP contribution >= 0.6 is 0 Å². The van der Waals surface area contributed by atoms with Gasteiger partial charge in [-0.25, -0.2) is 13.2 Å². The third kappa shape index (κ3) is 3.07. The minimum Gasteiger partial charge on any atom is -0.204 e. The SMILES string of the molecule is CCc1ccc(C#Cc2ccc3c(F)c(F)c(F)cc3c2)cc1. The molecule has 3 aromatic rings. The summed E-state index contributed by atoms with van der Waals surface area (Å²) in [5.74, 6) is 2.14. The maximum Gasteiger partial charge on any atom is 0.195 e. The van der Waals surface area contributed by atoms with Crippen molar-refractivity contribution in [3.05, 3.63) is 82.7 Å². The number of hydrogen-bond acceptors (Lipinski definition) is 0. The van der Waals surface area contributed by atoms with E-state index in [0.717, 1.165) is 18.1 Å². The van der Waals surface area contributed by atoms with Crippen LogP contribution in [0.25, 0.3) is 10.8 Å². The predicted molar refractivity (Wildman–Crippen MR) is 85.6 cm³/mol. The summed E-state index contributed by atoms with van der Waals surface area (Å²) in [6, 6.07) is 13.4. The smallest absolute Gasteiger partial charge is 0.195 e. The average molecular weight is 310 g/mol. The molecule has 3 heteroatoms. The third-order valence-corrected chi connectivity index (χ3v) is 3.69. The second kappa shape index (κ2) is 6.18. The summed E-state index contributed by atoms with van der Waals surface area (Å²) < 4.78 is 40.2. The van der Waals surface area contributed by atoms with Crippen molar-refractivity contribution in [1.82, 2.24) is 0 Å². The van der Waals surface area contributed by atoms with Gasteiger partial charge < -0.3 is 0 Å². The first-order valence-electron chi connectivity index (χ1n) is 7.26. The molecule has 0 N–H and O–H groups in total. The topological polar surface area (TPSA) is 0 Å². The molecule has 0 saturated heterocycles. The Bertz CT molecular complexity index is 929. The Balaban J connectivity index is 1.98. The van der Waals surface area contributed by atoms with Crippen molar-refractivity contribution in [2.75, 3.05) is 0 Å². The van der Waals surface area contributed by atoms with Crippen molar-refractivity contribution < 1.29 is 13.2 Å². The fraction of sp³-hybridized carbons (Fsp3) is 0.100. The summed E-state index contributed by atoms with van der Waals surface area (Å²) in [5.41, 5.74) is 2.70. The van der Waals surface area contributed by atoms with Crippen molar-refractivity contribution in [3.8, 4) is 11.8 Å². The van der Waals surface area contributed by atoms with Crippen LogP contribution in [0.1, 0.15) is 23.6 Å². The maximum absolute atomic E-state index is 13.7. The highest BCUT2D eigenvalue weighted by atomic mass is 19.2. The Kier molecular flexibility index (Phi) is 4.08. The summed E-state index contributed by atoms with van der Waals surface area (Å²) in [6.45, 7) is 2.08. The van der Waals surface area contributed by atoms with Gasteiger partial charge in [0.25, 0.3) is 0 Å². The minimum atomic E-state index is -1.45. The van der Waals surface area contributed by atoms with E-state index in [2.05, 4.69) is 18.8 Å². The van der Waals surface area contributed by atoms with Crippen LogP contribution in [-0.2, 0) is 6.42 Å². The van der Waals surface area contributed by atoms with Gasteiger partial charge in [-0.15, -0.1) is 0 Å². The van der Waals surface area contributed by atoms with E-state index in [1.54, 1.807) is 12.1 Å². The van der Waals surface area contributed by atoms with Gasteiger partial charge >= 0.3 is 0 Å². The van der Waals surface area contributed by atoms with E-state index < -0.39 is 17.5 Å². The molecular weight excluding hydrogens is 297 g/mol. The molecule has 0 aliphatic heterocycles. The molecule has 0 spiro atoms. The molecule has 23 heavy (non-hydrogen) atoms. The van der Waals surface area contributed by atoms with Crippen LogP contribution in [0.2, 0.25) is 0 Å². The van der Waals surface area contributed by atoms with E-state index in [1.807, 2.05) is 24.3 Å². The molecule has 3 rings (SSSR count). The van der Waals surface area contributed by atoms with Gasteiger partial charge in [0, 0.05) is 16.5 Å². The lowest BCUT2D eigenvalue weighted by Gasteiger charge is -2.02. The summed E-state index contributed by atoms with van der Waals surface area (Å²) in [7, 11) is 0. The van der Waals surface area contributed by atoms with Crippen LogP contribution < -0.4 is 0 Å². The van der Waals surface area contributed by atoms with Gasteiger partial charge in [0.2, 0.25) is 0 Å². The highest BCUT2D eigenvalue weighted by molar-refractivity contribution is 5.84. The second-order valence-corrected chi connectivity index (χ2v) is 5.22. The van der Waals surface area contributed by atoms with Gasteiger partial charge in [0.15, 0.2) is 17.5 Å². The molecule has 0 nitrogen and oxygen atoms in total. The largest absolute Gasteiger partial charge is 0.204 e. The van der Waals surface area contributed by atoms with E-state index in [-0.39, 0.29) is 10.8 Å². The van der Waals surface area contributed by atoms with Crippen molar-refractivity contribution in [2.24, 2.45) is 0 Å². The zero-order valence-electron chi connectivity index (χ0n) is 12.5. The summed E-state index contributed by atoms with van der Waals surface area (Å²) >= 11 is 0. The van der Waals surface area contributed by atoms with Gasteiger partial charge in [-0.05, 0) is 47.7 Å². The molecule has 0 aliphatic rings. The molecule has 0 bridgehead atoms. The van der Waals surface area contributed by atoms with Crippen LogP contribution in [0.4, 0.5) is 13.2 Å². The number of halogens is 3. The van der Waals surface area contributed by atoms with Crippen LogP contribution in [0.3, 0.4) is 0 Å². The molecule has 0 radical (unpaired) electrons. The number of benzene rings is 3. The predicted octanol–water partition coefficient (Wildman–Crippen LogP) is 5.22. The molecule has 0 fully saturated rings. The molecule has 0 amide bonds. The van der Waals surface area contributed by atoms with Gasteiger partial charge in [0.05, 0.1) is 0 Å². The Morgan fingerprint density at radius 3 is 2.13 bits per heavy atom. The molecule has 0 heterocycles. The molecule has 114 valence electrons. The molecular formula is C20H13F3. The van der Waals surface area contributed by atoms with E-state index in [0.29, 0.717) is 5.56 Å². The van der Waals surface area contributed by atoms with Gasteiger partial charge in [-0.2, -0.15) is 0 Å². The van der Waals surface area contributed by atoms with Gasteiger partial charge in [-0.1, -0.05) is 37.0 Å². The fourth-order valence-corrected chi connectivity index (χ4v) is 2.35. The highest BCUT2D eigenvalue weighted by Gasteiger charge is 2.13. The Morgan fingerprint density at radius 2 is 1.43 bits per heavy atom.